The Balaban J connectivity index is 1.80. The molecule has 0 unspecified atom stereocenters. The van der Waals surface area contributed by atoms with E-state index in [1.165, 1.54) is 18.7 Å². The lowest BCUT2D eigenvalue weighted by atomic mass is 10.1. The first kappa shape index (κ1) is 16.0. The van der Waals surface area contributed by atoms with Gasteiger partial charge < -0.3 is 9.73 Å². The maximum absolute atomic E-state index is 11.5. The fourth-order valence-corrected chi connectivity index (χ4v) is 2.58. The van der Waals surface area contributed by atoms with Crippen molar-refractivity contribution in [1.82, 2.24) is 10.0 Å². The largest absolute Gasteiger partial charge is 0.447 e. The molecule has 21 heavy (non-hydrogen) atoms. The zero-order valence-electron chi connectivity index (χ0n) is 11.6. The van der Waals surface area contributed by atoms with Gasteiger partial charge in [0.1, 0.15) is 5.76 Å². The summed E-state index contributed by atoms with van der Waals surface area (Å²) in [4.78, 5) is 0. The van der Waals surface area contributed by atoms with E-state index in [0.29, 0.717) is 12.3 Å². The first-order valence-electron chi connectivity index (χ1n) is 6.49. The SMILES string of the molecule is CNS(=O)(=O)c1ccc(CNCCc2ccc(Cl)cc2)o1. The van der Waals surface area contributed by atoms with Gasteiger partial charge in [-0.15, -0.1) is 0 Å². The van der Waals surface area contributed by atoms with E-state index in [1.807, 2.05) is 24.3 Å². The first-order valence-corrected chi connectivity index (χ1v) is 8.35. The second kappa shape index (κ2) is 7.09. The Kier molecular flexibility index (Phi) is 5.41. The summed E-state index contributed by atoms with van der Waals surface area (Å²) in [7, 11) is -2.16. The molecule has 0 aliphatic rings. The van der Waals surface area contributed by atoms with Crippen LogP contribution in [0.3, 0.4) is 0 Å². The maximum atomic E-state index is 11.5. The summed E-state index contributed by atoms with van der Waals surface area (Å²) < 4.78 is 30.5. The minimum absolute atomic E-state index is 0.0699. The van der Waals surface area contributed by atoms with E-state index in [9.17, 15) is 8.42 Å². The number of halogens is 1. The number of hydrogen-bond acceptors (Lipinski definition) is 4. The van der Waals surface area contributed by atoms with Crippen molar-refractivity contribution in [2.45, 2.75) is 18.1 Å². The summed E-state index contributed by atoms with van der Waals surface area (Å²) in [5, 5.41) is 3.86. The minimum atomic E-state index is -3.51. The topological polar surface area (TPSA) is 71.3 Å². The molecule has 5 nitrogen and oxygen atoms in total. The van der Waals surface area contributed by atoms with Crippen molar-refractivity contribution < 1.29 is 12.8 Å². The summed E-state index contributed by atoms with van der Waals surface area (Å²) in [6, 6.07) is 10.8. The van der Waals surface area contributed by atoms with E-state index in [4.69, 9.17) is 16.0 Å². The van der Waals surface area contributed by atoms with Crippen LogP contribution in [0.4, 0.5) is 0 Å². The fourth-order valence-electron chi connectivity index (χ4n) is 1.79. The normalized spacial score (nSPS) is 11.7. The Labute approximate surface area is 129 Å². The summed E-state index contributed by atoms with van der Waals surface area (Å²) >= 11 is 5.82. The van der Waals surface area contributed by atoms with Gasteiger partial charge in [-0.05, 0) is 49.8 Å². The van der Waals surface area contributed by atoms with Gasteiger partial charge in [0.25, 0.3) is 10.0 Å². The Bertz CT molecular complexity index is 680. The van der Waals surface area contributed by atoms with Crippen molar-refractivity contribution in [1.29, 1.82) is 0 Å². The van der Waals surface area contributed by atoms with E-state index in [1.54, 1.807) is 6.07 Å². The van der Waals surface area contributed by atoms with Crippen LogP contribution in [0.1, 0.15) is 11.3 Å². The van der Waals surface area contributed by atoms with Crippen LogP contribution in [-0.2, 0) is 23.0 Å². The summed E-state index contributed by atoms with van der Waals surface area (Å²) in [6.45, 7) is 1.24. The van der Waals surface area contributed by atoms with E-state index in [0.717, 1.165) is 18.0 Å². The average molecular weight is 329 g/mol. The predicted molar refractivity (Wildman–Crippen MR) is 81.8 cm³/mol. The molecule has 0 atom stereocenters. The molecule has 0 bridgehead atoms. The van der Waals surface area contributed by atoms with Crippen molar-refractivity contribution in [2.75, 3.05) is 13.6 Å². The molecule has 0 radical (unpaired) electrons. The molecule has 0 aliphatic carbocycles. The van der Waals surface area contributed by atoms with Crippen LogP contribution in [0.25, 0.3) is 0 Å². The number of hydrogen-bond donors (Lipinski definition) is 2. The minimum Gasteiger partial charge on any atom is -0.447 e. The highest BCUT2D eigenvalue weighted by Gasteiger charge is 2.15. The lowest BCUT2D eigenvalue weighted by Gasteiger charge is -2.03. The molecule has 0 amide bonds. The van der Waals surface area contributed by atoms with Gasteiger partial charge in [-0.3, -0.25) is 0 Å². The second-order valence-corrected chi connectivity index (χ2v) is 6.74. The molecule has 7 heteroatoms. The van der Waals surface area contributed by atoms with Gasteiger partial charge in [0.2, 0.25) is 5.09 Å². The molecule has 1 aromatic heterocycles. The third-order valence-corrected chi connectivity index (χ3v) is 4.51. The number of rotatable bonds is 7. The molecule has 2 aromatic rings. The van der Waals surface area contributed by atoms with Gasteiger partial charge in [-0.1, -0.05) is 23.7 Å². The maximum Gasteiger partial charge on any atom is 0.273 e. The van der Waals surface area contributed by atoms with Gasteiger partial charge >= 0.3 is 0 Å². The van der Waals surface area contributed by atoms with Crippen LogP contribution in [-0.4, -0.2) is 22.0 Å². The Morgan fingerprint density at radius 1 is 1.14 bits per heavy atom. The lowest BCUT2D eigenvalue weighted by molar-refractivity contribution is 0.401. The lowest BCUT2D eigenvalue weighted by Crippen LogP contribution is -2.18. The zero-order chi connectivity index (χ0) is 15.3. The van der Waals surface area contributed by atoms with Crippen LogP contribution in [0, 0.1) is 0 Å². The summed E-state index contributed by atoms with van der Waals surface area (Å²) in [5.41, 5.74) is 1.18. The number of furan rings is 1. The van der Waals surface area contributed by atoms with Crippen LogP contribution in [0.15, 0.2) is 45.9 Å². The number of nitrogens with one attached hydrogen (secondary N) is 2. The third kappa shape index (κ3) is 4.57. The highest BCUT2D eigenvalue weighted by atomic mass is 35.5. The summed E-state index contributed by atoms with van der Waals surface area (Å²) in [6.07, 6.45) is 0.861. The molecule has 1 aromatic carbocycles. The van der Waals surface area contributed by atoms with Crippen LogP contribution in [0.2, 0.25) is 5.02 Å². The van der Waals surface area contributed by atoms with Crippen molar-refractivity contribution in [3.05, 3.63) is 52.7 Å². The quantitative estimate of drug-likeness (QED) is 0.764. The van der Waals surface area contributed by atoms with Crippen molar-refractivity contribution in [3.63, 3.8) is 0 Å². The molecular weight excluding hydrogens is 312 g/mol. The van der Waals surface area contributed by atoms with E-state index in [-0.39, 0.29) is 5.09 Å². The van der Waals surface area contributed by atoms with Crippen molar-refractivity contribution >= 4 is 21.6 Å². The van der Waals surface area contributed by atoms with Gasteiger partial charge in [-0.25, -0.2) is 13.1 Å². The molecule has 0 fully saturated rings. The molecule has 1 heterocycles. The fraction of sp³-hybridized carbons (Fsp3) is 0.286. The molecular formula is C14H17ClN2O3S. The smallest absolute Gasteiger partial charge is 0.273 e. The first-order chi connectivity index (χ1) is 10.0. The van der Waals surface area contributed by atoms with Gasteiger partial charge in [0, 0.05) is 5.02 Å². The Morgan fingerprint density at radius 3 is 2.52 bits per heavy atom. The Morgan fingerprint density at radius 2 is 1.86 bits per heavy atom. The molecule has 0 saturated heterocycles. The summed E-state index contributed by atoms with van der Waals surface area (Å²) in [5.74, 6) is 0.583. The zero-order valence-corrected chi connectivity index (χ0v) is 13.2. The highest BCUT2D eigenvalue weighted by Crippen LogP contribution is 2.13. The van der Waals surface area contributed by atoms with Crippen LogP contribution < -0.4 is 10.0 Å². The molecule has 0 saturated carbocycles. The average Bonchev–Trinajstić information content (AvgIpc) is 2.95. The van der Waals surface area contributed by atoms with Crippen molar-refractivity contribution in [3.8, 4) is 0 Å². The molecule has 0 spiro atoms. The van der Waals surface area contributed by atoms with E-state index < -0.39 is 10.0 Å². The van der Waals surface area contributed by atoms with Crippen molar-refractivity contribution in [2.24, 2.45) is 0 Å². The number of sulfonamides is 1. The monoisotopic (exact) mass is 328 g/mol. The Hall–Kier alpha value is -1.34. The third-order valence-electron chi connectivity index (χ3n) is 2.97. The van der Waals surface area contributed by atoms with Gasteiger partial charge in [0.15, 0.2) is 0 Å². The molecule has 0 aliphatic heterocycles. The van der Waals surface area contributed by atoms with E-state index in [2.05, 4.69) is 10.0 Å². The standard InChI is InChI=1S/C14H17ClN2O3S/c1-16-21(18,19)14-7-6-13(20-14)10-17-9-8-11-2-4-12(15)5-3-11/h2-7,16-17H,8-10H2,1H3. The molecule has 2 rings (SSSR count). The van der Waals surface area contributed by atoms with Crippen LogP contribution in [0.5, 0.6) is 0 Å². The molecule has 2 N–H and O–H groups in total. The number of benzene rings is 1. The highest BCUT2D eigenvalue weighted by molar-refractivity contribution is 7.89. The van der Waals surface area contributed by atoms with Crippen LogP contribution >= 0.6 is 11.6 Å². The van der Waals surface area contributed by atoms with E-state index >= 15 is 0 Å². The molecule has 114 valence electrons. The second-order valence-electron chi connectivity index (χ2n) is 4.48. The van der Waals surface area contributed by atoms with Gasteiger partial charge in [0.05, 0.1) is 6.54 Å². The predicted octanol–water partition coefficient (Wildman–Crippen LogP) is 2.17. The van der Waals surface area contributed by atoms with Gasteiger partial charge in [-0.2, -0.15) is 0 Å².